The molecular weight excluding hydrogens is 312 g/mol. The summed E-state index contributed by atoms with van der Waals surface area (Å²) in [6, 6.07) is 18.5. The summed E-state index contributed by atoms with van der Waals surface area (Å²) in [5.41, 5.74) is 2.14. The maximum atomic E-state index is 12.1. The van der Waals surface area contributed by atoms with Gasteiger partial charge in [-0.25, -0.2) is 0 Å². The highest BCUT2D eigenvalue weighted by Crippen LogP contribution is 2.19. The molecular formula is C21H26N2O2. The summed E-state index contributed by atoms with van der Waals surface area (Å²) in [5, 5.41) is 6.44. The van der Waals surface area contributed by atoms with Gasteiger partial charge in [0.1, 0.15) is 12.4 Å². The lowest BCUT2D eigenvalue weighted by Gasteiger charge is -2.13. The van der Waals surface area contributed by atoms with Crippen molar-refractivity contribution in [3.63, 3.8) is 0 Å². The van der Waals surface area contributed by atoms with Gasteiger partial charge in [0, 0.05) is 24.6 Å². The van der Waals surface area contributed by atoms with E-state index in [1.165, 1.54) is 12.8 Å². The largest absolute Gasteiger partial charge is 0.489 e. The van der Waals surface area contributed by atoms with Crippen LogP contribution >= 0.6 is 0 Å². The molecule has 0 radical (unpaired) electrons. The van der Waals surface area contributed by atoms with Gasteiger partial charge in [0.05, 0.1) is 0 Å². The van der Waals surface area contributed by atoms with Gasteiger partial charge in [0.2, 0.25) is 5.91 Å². The Morgan fingerprint density at radius 1 is 1.12 bits per heavy atom. The number of amides is 1. The standard InChI is InChI=1S/C21H26N2O2/c24-21(13-12-19-10-6-14-22-19)23-15-18-9-4-5-11-20(18)25-16-17-7-2-1-3-8-17/h1-5,7-9,11,19,22H,6,10,12-16H2,(H,23,24). The molecule has 0 bridgehead atoms. The number of carbonyl (C=O) groups is 1. The first-order chi connectivity index (χ1) is 12.3. The number of hydrogen-bond donors (Lipinski definition) is 2. The maximum absolute atomic E-state index is 12.1. The quantitative estimate of drug-likeness (QED) is 0.775. The Balaban J connectivity index is 1.47. The molecule has 4 nitrogen and oxygen atoms in total. The van der Waals surface area contributed by atoms with E-state index in [2.05, 4.69) is 10.6 Å². The van der Waals surface area contributed by atoms with E-state index in [0.29, 0.717) is 25.6 Å². The number of nitrogens with one attached hydrogen (secondary N) is 2. The van der Waals surface area contributed by atoms with Gasteiger partial charge < -0.3 is 15.4 Å². The molecule has 3 rings (SSSR count). The zero-order valence-electron chi connectivity index (χ0n) is 14.5. The van der Waals surface area contributed by atoms with Crippen LogP contribution in [0.1, 0.15) is 36.8 Å². The van der Waals surface area contributed by atoms with E-state index in [9.17, 15) is 4.79 Å². The minimum Gasteiger partial charge on any atom is -0.489 e. The normalized spacial score (nSPS) is 16.6. The second-order valence-electron chi connectivity index (χ2n) is 6.49. The SMILES string of the molecule is O=C(CCC1CCCN1)NCc1ccccc1OCc1ccccc1. The summed E-state index contributed by atoms with van der Waals surface area (Å²) >= 11 is 0. The van der Waals surface area contributed by atoms with E-state index in [-0.39, 0.29) is 5.91 Å². The van der Waals surface area contributed by atoms with Gasteiger partial charge in [-0.1, -0.05) is 48.5 Å². The number of hydrogen-bond acceptors (Lipinski definition) is 3. The minimum atomic E-state index is 0.103. The summed E-state index contributed by atoms with van der Waals surface area (Å²) in [7, 11) is 0. The van der Waals surface area contributed by atoms with E-state index in [4.69, 9.17) is 4.74 Å². The molecule has 1 unspecified atom stereocenters. The first-order valence-electron chi connectivity index (χ1n) is 9.06. The molecule has 0 aliphatic carbocycles. The van der Waals surface area contributed by atoms with Gasteiger partial charge in [-0.05, 0) is 37.4 Å². The second kappa shape index (κ2) is 9.23. The molecule has 2 aromatic carbocycles. The van der Waals surface area contributed by atoms with Gasteiger partial charge in [-0.15, -0.1) is 0 Å². The smallest absolute Gasteiger partial charge is 0.220 e. The van der Waals surface area contributed by atoms with Gasteiger partial charge in [0.15, 0.2) is 0 Å². The molecule has 1 aliphatic heterocycles. The fourth-order valence-corrected chi connectivity index (χ4v) is 3.12. The van der Waals surface area contributed by atoms with Crippen molar-refractivity contribution in [2.24, 2.45) is 0 Å². The molecule has 0 spiro atoms. The highest BCUT2D eigenvalue weighted by atomic mass is 16.5. The molecule has 1 saturated heterocycles. The number of ether oxygens (including phenoxy) is 1. The van der Waals surface area contributed by atoms with Crippen LogP contribution in [0.25, 0.3) is 0 Å². The summed E-state index contributed by atoms with van der Waals surface area (Å²) in [5.74, 6) is 0.927. The van der Waals surface area contributed by atoms with Crippen molar-refractivity contribution in [2.45, 2.75) is 44.9 Å². The van der Waals surface area contributed by atoms with Crippen LogP contribution in [0, 0.1) is 0 Å². The van der Waals surface area contributed by atoms with Crippen molar-refractivity contribution in [2.75, 3.05) is 6.54 Å². The van der Waals surface area contributed by atoms with E-state index in [1.807, 2.05) is 54.6 Å². The van der Waals surface area contributed by atoms with E-state index < -0.39 is 0 Å². The molecule has 2 aromatic rings. The Morgan fingerprint density at radius 2 is 1.92 bits per heavy atom. The number of benzene rings is 2. The summed E-state index contributed by atoms with van der Waals surface area (Å²) < 4.78 is 5.94. The Kier molecular flexibility index (Phi) is 6.46. The predicted octanol–water partition coefficient (Wildman–Crippen LogP) is 3.41. The first kappa shape index (κ1) is 17.5. The van der Waals surface area contributed by atoms with Crippen LogP contribution in [0.4, 0.5) is 0 Å². The molecule has 1 atom stereocenters. The highest BCUT2D eigenvalue weighted by Gasteiger charge is 2.15. The maximum Gasteiger partial charge on any atom is 0.220 e. The predicted molar refractivity (Wildman–Crippen MR) is 99.3 cm³/mol. The first-order valence-corrected chi connectivity index (χ1v) is 9.06. The van der Waals surface area contributed by atoms with Crippen molar-refractivity contribution < 1.29 is 9.53 Å². The molecule has 1 aliphatic rings. The minimum absolute atomic E-state index is 0.103. The average Bonchev–Trinajstić information content (AvgIpc) is 3.18. The third kappa shape index (κ3) is 5.61. The van der Waals surface area contributed by atoms with Crippen molar-refractivity contribution in [1.82, 2.24) is 10.6 Å². The van der Waals surface area contributed by atoms with Gasteiger partial charge >= 0.3 is 0 Å². The zero-order chi connectivity index (χ0) is 17.3. The Morgan fingerprint density at radius 3 is 2.72 bits per heavy atom. The van der Waals surface area contributed by atoms with E-state index in [1.54, 1.807) is 0 Å². The molecule has 0 aromatic heterocycles. The van der Waals surface area contributed by atoms with Gasteiger partial charge in [0.25, 0.3) is 0 Å². The van der Waals surface area contributed by atoms with Crippen molar-refractivity contribution in [1.29, 1.82) is 0 Å². The van der Waals surface area contributed by atoms with Gasteiger partial charge in [-0.3, -0.25) is 4.79 Å². The number of rotatable bonds is 8. The molecule has 1 heterocycles. The monoisotopic (exact) mass is 338 g/mol. The molecule has 2 N–H and O–H groups in total. The molecule has 1 fully saturated rings. The van der Waals surface area contributed by atoms with Crippen LogP contribution in [0.15, 0.2) is 54.6 Å². The van der Waals surface area contributed by atoms with Crippen LogP contribution in [-0.2, 0) is 17.9 Å². The Bertz CT molecular complexity index is 667. The van der Waals surface area contributed by atoms with Crippen molar-refractivity contribution in [3.8, 4) is 5.75 Å². The topological polar surface area (TPSA) is 50.4 Å². The zero-order valence-corrected chi connectivity index (χ0v) is 14.5. The third-order valence-electron chi connectivity index (χ3n) is 4.57. The van der Waals surface area contributed by atoms with Crippen LogP contribution in [0.2, 0.25) is 0 Å². The van der Waals surface area contributed by atoms with Gasteiger partial charge in [-0.2, -0.15) is 0 Å². The summed E-state index contributed by atoms with van der Waals surface area (Å²) in [4.78, 5) is 12.1. The number of para-hydroxylation sites is 1. The fourth-order valence-electron chi connectivity index (χ4n) is 3.12. The molecule has 25 heavy (non-hydrogen) atoms. The lowest BCUT2D eigenvalue weighted by Crippen LogP contribution is -2.27. The van der Waals surface area contributed by atoms with E-state index in [0.717, 1.165) is 29.8 Å². The summed E-state index contributed by atoms with van der Waals surface area (Å²) in [6.07, 6.45) is 3.89. The van der Waals surface area contributed by atoms with Crippen LogP contribution in [0.5, 0.6) is 5.75 Å². The third-order valence-corrected chi connectivity index (χ3v) is 4.57. The second-order valence-corrected chi connectivity index (χ2v) is 6.49. The summed E-state index contributed by atoms with van der Waals surface area (Å²) in [6.45, 7) is 2.11. The van der Waals surface area contributed by atoms with Crippen molar-refractivity contribution >= 4 is 5.91 Å². The molecule has 0 saturated carbocycles. The highest BCUT2D eigenvalue weighted by molar-refractivity contribution is 5.76. The van der Waals surface area contributed by atoms with Crippen LogP contribution < -0.4 is 15.4 Å². The van der Waals surface area contributed by atoms with Crippen LogP contribution in [0.3, 0.4) is 0 Å². The Hall–Kier alpha value is -2.33. The molecule has 132 valence electrons. The van der Waals surface area contributed by atoms with Crippen molar-refractivity contribution in [3.05, 3.63) is 65.7 Å². The van der Waals surface area contributed by atoms with Crippen LogP contribution in [-0.4, -0.2) is 18.5 Å². The van der Waals surface area contributed by atoms with E-state index >= 15 is 0 Å². The molecule has 1 amide bonds. The lowest BCUT2D eigenvalue weighted by molar-refractivity contribution is -0.121. The fraction of sp³-hybridized carbons (Fsp3) is 0.381. The molecule has 4 heteroatoms. The average molecular weight is 338 g/mol. The lowest BCUT2D eigenvalue weighted by atomic mass is 10.1. The number of carbonyl (C=O) groups excluding carboxylic acids is 1. The Labute approximate surface area is 149 Å².